The molecule has 128 valence electrons. The van der Waals surface area contributed by atoms with E-state index < -0.39 is 35.3 Å². The number of alkyl halides is 6. The molecule has 3 nitrogen and oxygen atoms in total. The first-order chi connectivity index (χ1) is 11.1. The Balaban J connectivity index is 2.34. The lowest BCUT2D eigenvalue weighted by Crippen LogP contribution is -2.30. The average Bonchev–Trinajstić information content (AvgIpc) is 2.48. The van der Waals surface area contributed by atoms with Gasteiger partial charge in [-0.1, -0.05) is 18.2 Å². The lowest BCUT2D eigenvalue weighted by Gasteiger charge is -2.16. The summed E-state index contributed by atoms with van der Waals surface area (Å²) in [5, 5.41) is 1.37. The number of hydrogen-bond donors (Lipinski definition) is 1. The molecule has 0 atom stereocenters. The Kier molecular flexibility index (Phi) is 4.72. The fourth-order valence-corrected chi connectivity index (χ4v) is 1.74. The van der Waals surface area contributed by atoms with Crippen molar-refractivity contribution in [1.29, 1.82) is 0 Å². The molecule has 0 saturated carbocycles. The van der Waals surface area contributed by atoms with Crippen LogP contribution in [0.15, 0.2) is 48.5 Å². The summed E-state index contributed by atoms with van der Waals surface area (Å²) in [4.78, 5) is 10.8. The molecule has 2 aromatic carbocycles. The number of rotatable bonds is 3. The summed E-state index contributed by atoms with van der Waals surface area (Å²) in [6.07, 6.45) is -10.1. The molecule has 0 aromatic heterocycles. The third kappa shape index (κ3) is 4.40. The number of anilines is 1. The van der Waals surface area contributed by atoms with Crippen molar-refractivity contribution in [1.82, 2.24) is 0 Å². The predicted octanol–water partition coefficient (Wildman–Crippen LogP) is 5.00. The Labute approximate surface area is 131 Å². The summed E-state index contributed by atoms with van der Waals surface area (Å²) in [5.41, 5.74) is -1.96. The predicted molar refractivity (Wildman–Crippen MR) is 72.6 cm³/mol. The van der Waals surface area contributed by atoms with Crippen molar-refractivity contribution in [3.63, 3.8) is 0 Å². The quantitative estimate of drug-likeness (QED) is 0.792. The average molecular weight is 349 g/mol. The topological polar surface area (TPSA) is 38.3 Å². The zero-order chi connectivity index (χ0) is 18.0. The summed E-state index contributed by atoms with van der Waals surface area (Å²) in [5.74, 6) is -2.85. The minimum Gasteiger partial charge on any atom is -0.457 e. The first-order valence-corrected chi connectivity index (χ1v) is 6.39. The summed E-state index contributed by atoms with van der Waals surface area (Å²) < 4.78 is 80.9. The Bertz CT molecular complexity index is 725. The number of ether oxygens (including phenoxy) is 1. The van der Waals surface area contributed by atoms with Gasteiger partial charge in [0, 0.05) is 5.69 Å². The maximum Gasteiger partial charge on any atom is 0.471 e. The molecular weight excluding hydrogens is 340 g/mol. The zero-order valence-electron chi connectivity index (χ0n) is 11.7. The Hall–Kier alpha value is -2.71. The molecule has 2 rings (SSSR count). The number of halogens is 6. The summed E-state index contributed by atoms with van der Waals surface area (Å²) >= 11 is 0. The van der Waals surface area contributed by atoms with Crippen LogP contribution in [0, 0.1) is 0 Å². The Morgan fingerprint density at radius 1 is 0.917 bits per heavy atom. The van der Waals surface area contributed by atoms with E-state index in [-0.39, 0.29) is 5.75 Å². The SMILES string of the molecule is O=C(Nc1ccc(Oc2ccccc2)c(C(F)(F)F)c1)C(F)(F)F. The normalized spacial score (nSPS) is 11.9. The van der Waals surface area contributed by atoms with Gasteiger partial charge in [-0.15, -0.1) is 0 Å². The van der Waals surface area contributed by atoms with Gasteiger partial charge in [0.25, 0.3) is 0 Å². The summed E-state index contributed by atoms with van der Waals surface area (Å²) in [6.45, 7) is 0. The molecule has 0 saturated heterocycles. The van der Waals surface area contributed by atoms with Crippen LogP contribution < -0.4 is 10.1 Å². The van der Waals surface area contributed by atoms with Crippen LogP contribution in [0.1, 0.15) is 5.56 Å². The molecule has 2 aromatic rings. The second kappa shape index (κ2) is 6.42. The number of nitrogens with one attached hydrogen (secondary N) is 1. The molecule has 1 N–H and O–H groups in total. The molecular formula is C15H9F6NO2. The summed E-state index contributed by atoms with van der Waals surface area (Å²) in [6, 6.07) is 9.65. The third-order valence-electron chi connectivity index (χ3n) is 2.77. The monoisotopic (exact) mass is 349 g/mol. The molecule has 0 aliphatic heterocycles. The highest BCUT2D eigenvalue weighted by Crippen LogP contribution is 2.39. The van der Waals surface area contributed by atoms with Crippen LogP contribution in [-0.4, -0.2) is 12.1 Å². The largest absolute Gasteiger partial charge is 0.471 e. The molecule has 0 aliphatic rings. The number of para-hydroxylation sites is 1. The second-order valence-corrected chi connectivity index (χ2v) is 4.58. The molecule has 1 amide bonds. The smallest absolute Gasteiger partial charge is 0.457 e. The standard InChI is InChI=1S/C15H9F6NO2/c16-14(17,18)11-8-9(22-13(23)15(19,20)21)6-7-12(11)24-10-4-2-1-3-5-10/h1-8H,(H,22,23). The van der Waals surface area contributed by atoms with Crippen molar-refractivity contribution in [2.45, 2.75) is 12.4 Å². The van der Waals surface area contributed by atoms with E-state index in [1.165, 1.54) is 17.4 Å². The van der Waals surface area contributed by atoms with Gasteiger partial charge in [0.2, 0.25) is 0 Å². The molecule has 0 fully saturated rings. The first-order valence-electron chi connectivity index (χ1n) is 6.39. The van der Waals surface area contributed by atoms with Crippen molar-refractivity contribution < 1.29 is 35.9 Å². The van der Waals surface area contributed by atoms with E-state index in [1.54, 1.807) is 18.2 Å². The minimum atomic E-state index is -5.21. The zero-order valence-corrected chi connectivity index (χ0v) is 11.7. The van der Waals surface area contributed by atoms with Crippen molar-refractivity contribution in [3.8, 4) is 11.5 Å². The second-order valence-electron chi connectivity index (χ2n) is 4.58. The number of carbonyl (C=O) groups excluding carboxylic acids is 1. The van der Waals surface area contributed by atoms with Crippen LogP contribution in [0.25, 0.3) is 0 Å². The maximum absolute atomic E-state index is 13.1. The van der Waals surface area contributed by atoms with Crippen molar-refractivity contribution in [2.75, 3.05) is 5.32 Å². The van der Waals surface area contributed by atoms with E-state index in [2.05, 4.69) is 0 Å². The van der Waals surface area contributed by atoms with Crippen LogP contribution in [-0.2, 0) is 11.0 Å². The maximum atomic E-state index is 13.1. The number of benzene rings is 2. The highest BCUT2D eigenvalue weighted by atomic mass is 19.4. The highest BCUT2D eigenvalue weighted by molar-refractivity contribution is 5.95. The fraction of sp³-hybridized carbons (Fsp3) is 0.133. The molecule has 0 spiro atoms. The molecule has 9 heteroatoms. The lowest BCUT2D eigenvalue weighted by molar-refractivity contribution is -0.167. The van der Waals surface area contributed by atoms with E-state index >= 15 is 0 Å². The summed E-state index contributed by atoms with van der Waals surface area (Å²) in [7, 11) is 0. The van der Waals surface area contributed by atoms with Crippen LogP contribution in [0.4, 0.5) is 32.0 Å². The van der Waals surface area contributed by atoms with Crippen molar-refractivity contribution in [2.24, 2.45) is 0 Å². The Morgan fingerprint density at radius 3 is 2.08 bits per heavy atom. The van der Waals surface area contributed by atoms with Gasteiger partial charge in [-0.25, -0.2) is 0 Å². The first kappa shape index (κ1) is 17.6. The van der Waals surface area contributed by atoms with Gasteiger partial charge in [-0.2, -0.15) is 26.3 Å². The van der Waals surface area contributed by atoms with Gasteiger partial charge in [0.15, 0.2) is 0 Å². The van der Waals surface area contributed by atoms with Crippen LogP contribution in [0.3, 0.4) is 0 Å². The van der Waals surface area contributed by atoms with Gasteiger partial charge in [-0.3, -0.25) is 4.79 Å². The molecule has 0 bridgehead atoms. The molecule has 24 heavy (non-hydrogen) atoms. The highest BCUT2D eigenvalue weighted by Gasteiger charge is 2.39. The van der Waals surface area contributed by atoms with Crippen molar-refractivity contribution in [3.05, 3.63) is 54.1 Å². The molecule has 0 aliphatic carbocycles. The van der Waals surface area contributed by atoms with E-state index in [9.17, 15) is 31.1 Å². The van der Waals surface area contributed by atoms with Gasteiger partial charge >= 0.3 is 18.3 Å². The molecule has 0 radical (unpaired) electrons. The van der Waals surface area contributed by atoms with E-state index in [0.29, 0.717) is 6.07 Å². The third-order valence-corrected chi connectivity index (χ3v) is 2.77. The van der Waals surface area contributed by atoms with Gasteiger partial charge < -0.3 is 10.1 Å². The van der Waals surface area contributed by atoms with Crippen LogP contribution in [0.2, 0.25) is 0 Å². The van der Waals surface area contributed by atoms with E-state index in [0.717, 1.165) is 12.1 Å². The number of carbonyl (C=O) groups is 1. The number of hydrogen-bond acceptors (Lipinski definition) is 2. The number of amides is 1. The van der Waals surface area contributed by atoms with Gasteiger partial charge in [-0.05, 0) is 30.3 Å². The molecule has 0 unspecified atom stereocenters. The van der Waals surface area contributed by atoms with Crippen LogP contribution >= 0.6 is 0 Å². The van der Waals surface area contributed by atoms with Crippen LogP contribution in [0.5, 0.6) is 11.5 Å². The van der Waals surface area contributed by atoms with Gasteiger partial charge in [0.1, 0.15) is 17.1 Å². The fourth-order valence-electron chi connectivity index (χ4n) is 1.74. The van der Waals surface area contributed by atoms with E-state index in [4.69, 9.17) is 4.74 Å². The lowest BCUT2D eigenvalue weighted by atomic mass is 10.1. The van der Waals surface area contributed by atoms with Crippen molar-refractivity contribution >= 4 is 11.6 Å². The van der Waals surface area contributed by atoms with Gasteiger partial charge in [0.05, 0.1) is 0 Å². The van der Waals surface area contributed by atoms with E-state index in [1.807, 2.05) is 0 Å². The molecule has 0 heterocycles. The Morgan fingerprint density at radius 2 is 1.54 bits per heavy atom. The minimum absolute atomic E-state index is 0.120.